The Morgan fingerprint density at radius 2 is 2.00 bits per heavy atom. The van der Waals surface area contributed by atoms with E-state index < -0.39 is 23.4 Å². The van der Waals surface area contributed by atoms with E-state index in [1.807, 2.05) is 0 Å². The van der Waals surface area contributed by atoms with Crippen molar-refractivity contribution in [3.8, 4) is 5.69 Å². The van der Waals surface area contributed by atoms with Crippen LogP contribution in [0.3, 0.4) is 0 Å². The molecule has 0 saturated carbocycles. The van der Waals surface area contributed by atoms with Crippen LogP contribution in [0.25, 0.3) is 16.6 Å². The summed E-state index contributed by atoms with van der Waals surface area (Å²) in [5.74, 6) is -1.06. The van der Waals surface area contributed by atoms with Gasteiger partial charge < -0.3 is 4.74 Å². The van der Waals surface area contributed by atoms with E-state index in [1.165, 1.54) is 13.0 Å². The Morgan fingerprint density at radius 1 is 1.24 bits per heavy atom. The Balaban J connectivity index is 2.27. The number of alkyl halides is 3. The van der Waals surface area contributed by atoms with Gasteiger partial charge in [-0.15, -0.1) is 0 Å². The van der Waals surface area contributed by atoms with Gasteiger partial charge in [0.2, 0.25) is 0 Å². The standard InChI is InChI=1S/C17H14F3N3O2/c1-3-25-16(24)12-9-21-23(15(12)17(18,19)20)14-6-4-5-13-11(14)8-7-10(2)22-13/h4-9H,3H2,1-2H3. The number of ether oxygens (including phenoxy) is 1. The maximum atomic E-state index is 13.6. The molecule has 0 saturated heterocycles. The molecule has 5 nitrogen and oxygen atoms in total. The molecule has 0 fully saturated rings. The Morgan fingerprint density at radius 3 is 2.68 bits per heavy atom. The van der Waals surface area contributed by atoms with Crippen LogP contribution in [0.1, 0.15) is 28.7 Å². The molecule has 130 valence electrons. The van der Waals surface area contributed by atoms with E-state index in [0.717, 1.165) is 11.9 Å². The number of fused-ring (bicyclic) bond motifs is 1. The third kappa shape index (κ3) is 3.07. The summed E-state index contributed by atoms with van der Waals surface area (Å²) in [6.07, 6.45) is -3.90. The predicted octanol–water partition coefficient (Wildman–Crippen LogP) is 3.92. The minimum atomic E-state index is -4.78. The number of carbonyl (C=O) groups is 1. The molecule has 0 radical (unpaired) electrons. The first-order valence-electron chi connectivity index (χ1n) is 7.52. The van der Waals surface area contributed by atoms with Crippen LogP contribution in [-0.4, -0.2) is 27.3 Å². The Bertz CT molecular complexity index is 948. The van der Waals surface area contributed by atoms with Crippen LogP contribution in [0.5, 0.6) is 0 Å². The van der Waals surface area contributed by atoms with Gasteiger partial charge in [0.25, 0.3) is 0 Å². The van der Waals surface area contributed by atoms with Gasteiger partial charge in [0.1, 0.15) is 5.56 Å². The fraction of sp³-hybridized carbons (Fsp3) is 0.235. The van der Waals surface area contributed by atoms with Gasteiger partial charge in [-0.25, -0.2) is 9.48 Å². The summed E-state index contributed by atoms with van der Waals surface area (Å²) >= 11 is 0. The van der Waals surface area contributed by atoms with Gasteiger partial charge in [-0.2, -0.15) is 18.3 Å². The van der Waals surface area contributed by atoms with Gasteiger partial charge in [-0.05, 0) is 38.1 Å². The van der Waals surface area contributed by atoms with Gasteiger partial charge in [-0.3, -0.25) is 4.98 Å². The molecule has 0 unspecified atom stereocenters. The summed E-state index contributed by atoms with van der Waals surface area (Å²) in [5, 5.41) is 4.29. The molecule has 0 amide bonds. The number of aryl methyl sites for hydroxylation is 1. The molecule has 0 aliphatic heterocycles. The van der Waals surface area contributed by atoms with Crippen molar-refractivity contribution in [1.82, 2.24) is 14.8 Å². The van der Waals surface area contributed by atoms with Crippen molar-refractivity contribution in [1.29, 1.82) is 0 Å². The molecule has 0 bridgehead atoms. The van der Waals surface area contributed by atoms with Crippen molar-refractivity contribution in [2.75, 3.05) is 6.61 Å². The third-order valence-electron chi connectivity index (χ3n) is 3.61. The highest BCUT2D eigenvalue weighted by Crippen LogP contribution is 2.35. The van der Waals surface area contributed by atoms with E-state index in [1.54, 1.807) is 31.2 Å². The second-order valence-electron chi connectivity index (χ2n) is 5.33. The SMILES string of the molecule is CCOC(=O)c1cnn(-c2cccc3nc(C)ccc23)c1C(F)(F)F. The first-order chi connectivity index (χ1) is 11.8. The van der Waals surface area contributed by atoms with Crippen molar-refractivity contribution in [2.24, 2.45) is 0 Å². The molecule has 8 heteroatoms. The number of pyridine rings is 1. The smallest absolute Gasteiger partial charge is 0.434 e. The van der Waals surface area contributed by atoms with Gasteiger partial charge >= 0.3 is 12.1 Å². The van der Waals surface area contributed by atoms with Crippen LogP contribution >= 0.6 is 0 Å². The summed E-state index contributed by atoms with van der Waals surface area (Å²) in [7, 11) is 0. The molecule has 3 rings (SSSR count). The van der Waals surface area contributed by atoms with Crippen LogP contribution < -0.4 is 0 Å². The average Bonchev–Trinajstić information content (AvgIpc) is 2.99. The fourth-order valence-corrected chi connectivity index (χ4v) is 2.59. The number of hydrogen-bond donors (Lipinski definition) is 0. The van der Waals surface area contributed by atoms with E-state index in [2.05, 4.69) is 10.1 Å². The topological polar surface area (TPSA) is 57.0 Å². The minimum absolute atomic E-state index is 0.0290. The lowest BCUT2D eigenvalue weighted by Gasteiger charge is -2.14. The highest BCUT2D eigenvalue weighted by Gasteiger charge is 2.41. The number of esters is 1. The van der Waals surface area contributed by atoms with Crippen molar-refractivity contribution < 1.29 is 22.7 Å². The van der Waals surface area contributed by atoms with Crippen LogP contribution in [0, 0.1) is 6.92 Å². The zero-order valence-electron chi connectivity index (χ0n) is 13.5. The Labute approximate surface area is 141 Å². The van der Waals surface area contributed by atoms with Gasteiger partial charge in [-0.1, -0.05) is 6.07 Å². The van der Waals surface area contributed by atoms with Crippen LogP contribution in [0.4, 0.5) is 13.2 Å². The summed E-state index contributed by atoms with van der Waals surface area (Å²) in [4.78, 5) is 16.2. The van der Waals surface area contributed by atoms with E-state index >= 15 is 0 Å². The lowest BCUT2D eigenvalue weighted by atomic mass is 10.1. The number of benzene rings is 1. The summed E-state index contributed by atoms with van der Waals surface area (Å²) in [6, 6.07) is 8.18. The Kier molecular flexibility index (Phi) is 4.20. The predicted molar refractivity (Wildman–Crippen MR) is 84.6 cm³/mol. The van der Waals surface area contributed by atoms with Crippen molar-refractivity contribution in [2.45, 2.75) is 20.0 Å². The number of nitrogens with zero attached hydrogens (tertiary/aromatic N) is 3. The van der Waals surface area contributed by atoms with Gasteiger partial charge in [0, 0.05) is 11.1 Å². The van der Waals surface area contributed by atoms with Crippen molar-refractivity contribution >= 4 is 16.9 Å². The zero-order valence-corrected chi connectivity index (χ0v) is 13.5. The summed E-state index contributed by atoms with van der Waals surface area (Å²) in [5.41, 5.74) is -0.314. The quantitative estimate of drug-likeness (QED) is 0.673. The summed E-state index contributed by atoms with van der Waals surface area (Å²) < 4.78 is 46.3. The highest BCUT2D eigenvalue weighted by molar-refractivity contribution is 5.92. The lowest BCUT2D eigenvalue weighted by Crippen LogP contribution is -2.18. The van der Waals surface area contributed by atoms with E-state index in [0.29, 0.717) is 15.6 Å². The molecule has 0 atom stereocenters. The maximum absolute atomic E-state index is 13.6. The number of hydrogen-bond acceptors (Lipinski definition) is 4. The fourth-order valence-electron chi connectivity index (χ4n) is 2.59. The van der Waals surface area contributed by atoms with Crippen LogP contribution in [0.2, 0.25) is 0 Å². The highest BCUT2D eigenvalue weighted by atomic mass is 19.4. The van der Waals surface area contributed by atoms with Crippen LogP contribution in [-0.2, 0) is 10.9 Å². The molecule has 2 heterocycles. The molecule has 2 aromatic heterocycles. The number of aromatic nitrogens is 3. The normalized spacial score (nSPS) is 11.7. The third-order valence-corrected chi connectivity index (χ3v) is 3.61. The summed E-state index contributed by atoms with van der Waals surface area (Å²) in [6.45, 7) is 3.28. The van der Waals surface area contributed by atoms with Gasteiger partial charge in [0.05, 0.1) is 24.0 Å². The number of rotatable bonds is 3. The molecule has 25 heavy (non-hydrogen) atoms. The van der Waals surface area contributed by atoms with E-state index in [4.69, 9.17) is 4.74 Å². The molecule has 0 spiro atoms. The van der Waals surface area contributed by atoms with Crippen molar-refractivity contribution in [3.05, 3.63) is 53.5 Å². The van der Waals surface area contributed by atoms with Crippen molar-refractivity contribution in [3.63, 3.8) is 0 Å². The molecule has 1 aromatic carbocycles. The maximum Gasteiger partial charge on any atom is 0.434 e. The van der Waals surface area contributed by atoms with E-state index in [9.17, 15) is 18.0 Å². The molecule has 3 aromatic rings. The lowest BCUT2D eigenvalue weighted by molar-refractivity contribution is -0.143. The van der Waals surface area contributed by atoms with Crippen LogP contribution in [0.15, 0.2) is 36.5 Å². The second-order valence-corrected chi connectivity index (χ2v) is 5.33. The minimum Gasteiger partial charge on any atom is -0.462 e. The first-order valence-corrected chi connectivity index (χ1v) is 7.52. The largest absolute Gasteiger partial charge is 0.462 e. The monoisotopic (exact) mass is 349 g/mol. The molecule has 0 aliphatic carbocycles. The Hall–Kier alpha value is -2.90. The number of carbonyl (C=O) groups excluding carboxylic acids is 1. The molecular weight excluding hydrogens is 335 g/mol. The second kappa shape index (κ2) is 6.19. The molecule has 0 aliphatic rings. The molecule has 0 N–H and O–H groups in total. The molecular formula is C17H14F3N3O2. The van der Waals surface area contributed by atoms with Gasteiger partial charge in [0.15, 0.2) is 5.69 Å². The average molecular weight is 349 g/mol. The first kappa shape index (κ1) is 16.9. The number of halogens is 3. The zero-order chi connectivity index (χ0) is 18.2. The van der Waals surface area contributed by atoms with E-state index in [-0.39, 0.29) is 12.3 Å².